The van der Waals surface area contributed by atoms with Crippen molar-refractivity contribution in [2.24, 2.45) is 28.8 Å². The molecule has 9 unspecified atom stereocenters. The van der Waals surface area contributed by atoms with E-state index >= 15 is 0 Å². The standard InChI is InChI=1S/C44H60N2O15/c1-11-56-17-18-57-19-20-59-45-21-29-34-39(52)32-31(38(29)51)33-41(27(7)37(32)50)61-44(9,42(33)53)58-16-15-30(55-10)24(4)40(60-28(8)47)26(6)36(49)25(5)35(48)22(2)13-12-14-23(3)43(54)46-34/h12-16,21-22,24-26,30,35-36,40,48-52H,11,17-20H2,1-10H3,(H,46,54)/b13-12+,16-15+,23-14-,45-21+. The molecule has 61 heavy (non-hydrogen) atoms. The minimum absolute atomic E-state index is 0.0132. The smallest absolute Gasteiger partial charge is 0.312 e. The van der Waals surface area contributed by atoms with Gasteiger partial charge in [0.15, 0.2) is 5.75 Å². The first-order valence-corrected chi connectivity index (χ1v) is 20.2. The molecule has 336 valence electrons. The molecule has 6 N–H and O–H groups in total. The predicted octanol–water partition coefficient (Wildman–Crippen LogP) is 5.16. The van der Waals surface area contributed by atoms with Gasteiger partial charge in [0, 0.05) is 67.8 Å². The van der Waals surface area contributed by atoms with Crippen LogP contribution in [-0.2, 0) is 38.1 Å². The summed E-state index contributed by atoms with van der Waals surface area (Å²) in [4.78, 5) is 45.7. The zero-order valence-corrected chi connectivity index (χ0v) is 36.4. The molecular formula is C44H60N2O15. The average Bonchev–Trinajstić information content (AvgIpc) is 3.49. The summed E-state index contributed by atoms with van der Waals surface area (Å²) in [6, 6.07) is 0. The lowest BCUT2D eigenvalue weighted by Gasteiger charge is -2.38. The topological polar surface area (TPSA) is 241 Å². The van der Waals surface area contributed by atoms with E-state index in [4.69, 9.17) is 33.3 Å². The number of phenolic OH excluding ortho intramolecular Hbond substituents is 3. The lowest BCUT2D eigenvalue weighted by Crippen LogP contribution is -2.46. The Hall–Kier alpha value is -5.20. The number of oxime groups is 1. The van der Waals surface area contributed by atoms with E-state index in [1.54, 1.807) is 39.8 Å². The van der Waals surface area contributed by atoms with Crippen molar-refractivity contribution in [1.82, 2.24) is 0 Å². The van der Waals surface area contributed by atoms with Crippen molar-refractivity contribution in [1.29, 1.82) is 0 Å². The molecular weight excluding hydrogens is 796 g/mol. The molecule has 3 aliphatic heterocycles. The summed E-state index contributed by atoms with van der Waals surface area (Å²) in [7, 11) is 1.42. The van der Waals surface area contributed by atoms with Crippen molar-refractivity contribution >= 4 is 40.3 Å². The Morgan fingerprint density at radius 3 is 2.25 bits per heavy atom. The summed E-state index contributed by atoms with van der Waals surface area (Å²) in [6.07, 6.45) is 4.39. The molecule has 9 atom stereocenters. The van der Waals surface area contributed by atoms with Gasteiger partial charge in [-0.15, -0.1) is 0 Å². The molecule has 0 saturated carbocycles. The largest absolute Gasteiger partial charge is 0.507 e. The highest BCUT2D eigenvalue weighted by Gasteiger charge is 2.50. The number of ketones is 1. The molecule has 17 heteroatoms. The summed E-state index contributed by atoms with van der Waals surface area (Å²) in [5.41, 5.74) is -0.733. The summed E-state index contributed by atoms with van der Waals surface area (Å²) >= 11 is 0. The fraction of sp³-hybridized carbons (Fsp3) is 0.545. The summed E-state index contributed by atoms with van der Waals surface area (Å²) < 4.78 is 34.2. The molecule has 2 aromatic carbocycles. The number of nitrogens with one attached hydrogen (secondary N) is 1. The van der Waals surface area contributed by atoms with Crippen LogP contribution in [0, 0.1) is 30.6 Å². The van der Waals surface area contributed by atoms with Crippen molar-refractivity contribution in [2.45, 2.75) is 92.5 Å². The fourth-order valence-electron chi connectivity index (χ4n) is 7.48. The molecule has 1 amide bonds. The zero-order chi connectivity index (χ0) is 45.3. The molecule has 0 saturated heterocycles. The van der Waals surface area contributed by atoms with E-state index in [0.717, 1.165) is 6.21 Å². The molecule has 17 nitrogen and oxygen atoms in total. The number of aliphatic hydroxyl groups excluding tert-OH is 2. The van der Waals surface area contributed by atoms with Gasteiger partial charge < -0.3 is 64.1 Å². The summed E-state index contributed by atoms with van der Waals surface area (Å²) in [6.45, 7) is 15.6. The van der Waals surface area contributed by atoms with Crippen molar-refractivity contribution in [3.63, 3.8) is 0 Å². The molecule has 0 fully saturated rings. The third kappa shape index (κ3) is 10.6. The van der Waals surface area contributed by atoms with Crippen molar-refractivity contribution in [3.05, 3.63) is 52.8 Å². The second-order valence-electron chi connectivity index (χ2n) is 15.5. The van der Waals surface area contributed by atoms with Crippen molar-refractivity contribution in [2.75, 3.05) is 45.5 Å². The SMILES string of the molecule is CCOCCOCCO/N=C/c1c2c(O)c3c(O)c(C)c4c(c3c1O)C(=O)C(C)(O/C=C/C(OC)C(C)C(OC(C)=O)C(C)C(O)C(C)C(O)C(C)/C=C/C=C(/C)C(=O)N2)O4. The Bertz CT molecular complexity index is 2040. The van der Waals surface area contributed by atoms with E-state index in [1.165, 1.54) is 53.2 Å². The maximum absolute atomic E-state index is 14.4. The number of aliphatic hydroxyl groups is 2. The molecule has 0 aliphatic carbocycles. The molecule has 0 aromatic heterocycles. The highest BCUT2D eigenvalue weighted by atomic mass is 16.7. The van der Waals surface area contributed by atoms with E-state index in [1.807, 2.05) is 6.92 Å². The number of fused-ring (bicyclic) bond motifs is 14. The van der Waals surface area contributed by atoms with Gasteiger partial charge in [-0.3, -0.25) is 14.4 Å². The quantitative estimate of drug-likeness (QED) is 0.0427. The monoisotopic (exact) mass is 856 g/mol. The second kappa shape index (κ2) is 21.1. The van der Waals surface area contributed by atoms with Gasteiger partial charge in [-0.25, -0.2) is 0 Å². The average molecular weight is 857 g/mol. The van der Waals surface area contributed by atoms with Gasteiger partial charge >= 0.3 is 11.8 Å². The highest BCUT2D eigenvalue weighted by molar-refractivity contribution is 6.23. The van der Waals surface area contributed by atoms with Crippen LogP contribution >= 0.6 is 0 Å². The molecule has 5 bridgehead atoms. The van der Waals surface area contributed by atoms with Crippen LogP contribution in [-0.4, -0.2) is 120 Å². The molecule has 2 aromatic rings. The van der Waals surface area contributed by atoms with Gasteiger partial charge in [-0.1, -0.05) is 51.1 Å². The van der Waals surface area contributed by atoms with Crippen LogP contribution < -0.4 is 10.1 Å². The van der Waals surface area contributed by atoms with E-state index < -0.39 is 88.8 Å². The van der Waals surface area contributed by atoms with Gasteiger partial charge in [-0.2, -0.15) is 0 Å². The maximum atomic E-state index is 14.4. The number of nitrogens with zero attached hydrogens (tertiary/aromatic N) is 1. The first-order chi connectivity index (χ1) is 28.8. The number of Topliss-reactive ketones (excluding diaryl/α,β-unsaturated/α-hetero) is 1. The molecule has 0 radical (unpaired) electrons. The molecule has 3 aliphatic rings. The first-order valence-electron chi connectivity index (χ1n) is 20.2. The molecule has 3 heterocycles. The number of benzene rings is 2. The number of carbonyl (C=O) groups excluding carboxylic acids is 3. The van der Waals surface area contributed by atoms with Gasteiger partial charge in [0.25, 0.3) is 11.7 Å². The number of methoxy groups -OCH3 is 1. The van der Waals surface area contributed by atoms with Crippen LogP contribution in [0.5, 0.6) is 23.0 Å². The third-order valence-corrected chi connectivity index (χ3v) is 11.2. The summed E-state index contributed by atoms with van der Waals surface area (Å²) in [5.74, 6) is -8.83. The predicted molar refractivity (Wildman–Crippen MR) is 225 cm³/mol. The minimum Gasteiger partial charge on any atom is -0.507 e. The van der Waals surface area contributed by atoms with Crippen molar-refractivity contribution in [3.8, 4) is 23.0 Å². The van der Waals surface area contributed by atoms with Crippen LogP contribution in [0.1, 0.15) is 76.9 Å². The van der Waals surface area contributed by atoms with Crippen molar-refractivity contribution < 1.29 is 73.2 Å². The first kappa shape index (κ1) is 48.5. The number of hydrogen-bond acceptors (Lipinski definition) is 16. The Labute approximate surface area is 355 Å². The number of phenols is 3. The Balaban J connectivity index is 1.90. The number of rotatable bonds is 11. The Kier molecular flexibility index (Phi) is 16.7. The normalized spacial score (nSPS) is 29.5. The lowest BCUT2D eigenvalue weighted by molar-refractivity contribution is -0.160. The van der Waals surface area contributed by atoms with Crippen LogP contribution in [0.25, 0.3) is 10.8 Å². The fourth-order valence-corrected chi connectivity index (χ4v) is 7.48. The number of esters is 1. The van der Waals surface area contributed by atoms with Crippen LogP contribution in [0.3, 0.4) is 0 Å². The number of amides is 1. The van der Waals surface area contributed by atoms with E-state index in [2.05, 4.69) is 10.5 Å². The number of anilines is 1. The minimum atomic E-state index is -2.08. The highest BCUT2D eigenvalue weighted by Crippen LogP contribution is 2.55. The van der Waals surface area contributed by atoms with Gasteiger partial charge in [0.05, 0.1) is 72.8 Å². The number of aromatic hydroxyl groups is 3. The van der Waals surface area contributed by atoms with E-state index in [9.17, 15) is 39.9 Å². The molecule has 5 rings (SSSR count). The number of hydrogen-bond donors (Lipinski definition) is 6. The lowest BCUT2D eigenvalue weighted by atomic mass is 9.78. The molecule has 0 spiro atoms. The Morgan fingerprint density at radius 2 is 1.59 bits per heavy atom. The second-order valence-corrected chi connectivity index (χ2v) is 15.5. The number of allylic oxidation sites excluding steroid dienone is 2. The third-order valence-electron chi connectivity index (χ3n) is 11.2. The van der Waals surface area contributed by atoms with Gasteiger partial charge in [0.2, 0.25) is 0 Å². The summed E-state index contributed by atoms with van der Waals surface area (Å²) in [5, 5.41) is 64.0. The number of ether oxygens (including phenoxy) is 6. The van der Waals surface area contributed by atoms with Gasteiger partial charge in [-0.05, 0) is 26.8 Å². The van der Waals surface area contributed by atoms with Gasteiger partial charge in [0.1, 0.15) is 30.0 Å². The number of carbonyl (C=O) groups is 3. The van der Waals surface area contributed by atoms with Crippen LogP contribution in [0.2, 0.25) is 0 Å². The Morgan fingerprint density at radius 1 is 0.918 bits per heavy atom. The maximum Gasteiger partial charge on any atom is 0.312 e. The van der Waals surface area contributed by atoms with E-state index in [-0.39, 0.29) is 57.7 Å². The van der Waals surface area contributed by atoms with Crippen LogP contribution in [0.15, 0.2) is 41.3 Å². The zero-order valence-electron chi connectivity index (χ0n) is 36.4. The van der Waals surface area contributed by atoms with E-state index in [0.29, 0.717) is 19.8 Å². The van der Waals surface area contributed by atoms with Crippen LogP contribution in [0.4, 0.5) is 5.69 Å².